The number of rotatable bonds is 11. The molecule has 0 aliphatic heterocycles. The summed E-state index contributed by atoms with van der Waals surface area (Å²) < 4.78 is 28.7. The van der Waals surface area contributed by atoms with Crippen LogP contribution in [0.1, 0.15) is 52.0 Å². The normalized spacial score (nSPS) is 22.4. The van der Waals surface area contributed by atoms with E-state index in [0.29, 0.717) is 30.6 Å². The fourth-order valence-corrected chi connectivity index (χ4v) is 8.16. The van der Waals surface area contributed by atoms with Crippen LogP contribution in [0.25, 0.3) is 11.1 Å². The molecule has 3 atom stereocenters. The fraction of sp³-hybridized carbons (Fsp3) is 0.483. The van der Waals surface area contributed by atoms with Crippen molar-refractivity contribution in [2.24, 2.45) is 16.7 Å². The fourth-order valence-electron chi connectivity index (χ4n) is 6.13. The van der Waals surface area contributed by atoms with E-state index >= 15 is 0 Å². The molecular weight excluding hydrogens is 518 g/mol. The van der Waals surface area contributed by atoms with Gasteiger partial charge in [0.1, 0.15) is 11.8 Å². The van der Waals surface area contributed by atoms with Crippen LogP contribution in [-0.2, 0) is 26.0 Å². The molecule has 0 saturated heterocycles. The number of aliphatic carboxylic acids is 1. The minimum atomic E-state index is -4.04. The summed E-state index contributed by atoms with van der Waals surface area (Å²) in [5.74, 6) is -1.52. The van der Waals surface area contributed by atoms with Crippen molar-refractivity contribution in [1.29, 1.82) is 0 Å². The quantitative estimate of drug-likeness (QED) is 0.328. The summed E-state index contributed by atoms with van der Waals surface area (Å²) in [6, 6.07) is 12.9. The highest BCUT2D eigenvalue weighted by Gasteiger charge is 2.65. The summed E-state index contributed by atoms with van der Waals surface area (Å²) >= 11 is 0. The van der Waals surface area contributed by atoms with Crippen LogP contribution in [0, 0.1) is 16.7 Å². The maximum atomic E-state index is 13.2. The molecule has 2 aromatic rings. The van der Waals surface area contributed by atoms with Gasteiger partial charge in [0.15, 0.2) is 0 Å². The minimum absolute atomic E-state index is 0.0301. The molecule has 2 aromatic carbocycles. The summed E-state index contributed by atoms with van der Waals surface area (Å²) in [5.41, 5.74) is 1.62. The maximum absolute atomic E-state index is 13.2. The van der Waals surface area contributed by atoms with Gasteiger partial charge in [-0.25, -0.2) is 17.9 Å². The van der Waals surface area contributed by atoms with Gasteiger partial charge in [-0.3, -0.25) is 9.59 Å². The Morgan fingerprint density at radius 3 is 2.41 bits per heavy atom. The number of hydrogen-bond acceptors (Lipinski definition) is 5. The van der Waals surface area contributed by atoms with Crippen molar-refractivity contribution in [3.8, 4) is 11.1 Å². The lowest BCUT2D eigenvalue weighted by atomic mass is 9.70. The molecule has 2 bridgehead atoms. The molecule has 0 heterocycles. The Bertz CT molecular complexity index is 1360. The molecule has 0 radical (unpaired) electrons. The molecule has 210 valence electrons. The number of carboxylic acids is 1. The third kappa shape index (κ3) is 6.01. The average molecular weight is 556 g/mol. The molecule has 0 spiro atoms. The Labute approximate surface area is 229 Å². The van der Waals surface area contributed by atoms with Crippen LogP contribution in [0.15, 0.2) is 48.5 Å². The summed E-state index contributed by atoms with van der Waals surface area (Å²) in [7, 11) is -4.04. The Hall–Kier alpha value is -3.24. The second kappa shape index (κ2) is 11.1. The summed E-state index contributed by atoms with van der Waals surface area (Å²) in [6.45, 7) is 6.46. The Morgan fingerprint density at radius 2 is 1.82 bits per heavy atom. The van der Waals surface area contributed by atoms with Crippen LogP contribution in [0.3, 0.4) is 0 Å². The number of carbonyl (C=O) groups is 3. The van der Waals surface area contributed by atoms with Gasteiger partial charge in [-0.1, -0.05) is 57.2 Å². The second-order valence-electron chi connectivity index (χ2n) is 11.3. The van der Waals surface area contributed by atoms with E-state index in [9.17, 15) is 27.9 Å². The van der Waals surface area contributed by atoms with Crippen molar-refractivity contribution >= 4 is 33.5 Å². The third-order valence-electron chi connectivity index (χ3n) is 8.58. The van der Waals surface area contributed by atoms with Crippen LogP contribution in [0.5, 0.6) is 0 Å². The second-order valence-corrected chi connectivity index (χ2v) is 13.1. The van der Waals surface area contributed by atoms with Crippen LogP contribution in [0.4, 0.5) is 10.5 Å². The van der Waals surface area contributed by atoms with Crippen LogP contribution >= 0.6 is 0 Å². The predicted octanol–water partition coefficient (Wildman–Crippen LogP) is 4.20. The SMILES string of the molecule is CCCNC(=O)Nc1cccc(-c2ccc(C[C@H](NS(=O)(=O)C[C@]34CCC(CC3=O)C4(C)C)C(=O)O)cc2)c1. The molecule has 2 saturated carbocycles. The van der Waals surface area contributed by atoms with Crippen LogP contribution in [0.2, 0.25) is 0 Å². The first-order valence-corrected chi connectivity index (χ1v) is 15.0. The zero-order valence-corrected chi connectivity index (χ0v) is 23.4. The van der Waals surface area contributed by atoms with Gasteiger partial charge in [0, 0.05) is 24.1 Å². The monoisotopic (exact) mass is 555 g/mol. The van der Waals surface area contributed by atoms with Crippen molar-refractivity contribution in [3.05, 3.63) is 54.1 Å². The number of carboxylic acid groups (broad SMARTS) is 1. The number of ketones is 1. The number of sulfonamides is 1. The van der Waals surface area contributed by atoms with Gasteiger partial charge in [0.2, 0.25) is 10.0 Å². The molecule has 0 aromatic heterocycles. The largest absolute Gasteiger partial charge is 0.480 e. The van der Waals surface area contributed by atoms with Crippen molar-refractivity contribution in [2.75, 3.05) is 17.6 Å². The topological polar surface area (TPSA) is 142 Å². The highest BCUT2D eigenvalue weighted by Crippen LogP contribution is 2.64. The van der Waals surface area contributed by atoms with Crippen LogP contribution in [-0.4, -0.2) is 49.6 Å². The van der Waals surface area contributed by atoms with Gasteiger partial charge < -0.3 is 15.7 Å². The van der Waals surface area contributed by atoms with E-state index in [2.05, 4.69) is 15.4 Å². The van der Waals surface area contributed by atoms with E-state index in [1.165, 1.54) is 0 Å². The first-order chi connectivity index (χ1) is 18.4. The molecule has 2 fully saturated rings. The molecule has 9 nitrogen and oxygen atoms in total. The van der Waals surface area contributed by atoms with E-state index < -0.39 is 32.9 Å². The molecule has 2 aliphatic rings. The molecule has 10 heteroatoms. The zero-order chi connectivity index (χ0) is 28.4. The predicted molar refractivity (Wildman–Crippen MR) is 150 cm³/mol. The number of benzene rings is 2. The summed E-state index contributed by atoms with van der Waals surface area (Å²) in [4.78, 5) is 36.8. The maximum Gasteiger partial charge on any atom is 0.322 e. The first-order valence-electron chi connectivity index (χ1n) is 13.4. The van der Waals surface area contributed by atoms with Gasteiger partial charge in [-0.15, -0.1) is 0 Å². The van der Waals surface area contributed by atoms with E-state index in [-0.39, 0.29) is 29.9 Å². The van der Waals surface area contributed by atoms with Gasteiger partial charge >= 0.3 is 12.0 Å². The molecule has 1 unspecified atom stereocenters. The van der Waals surface area contributed by atoms with Gasteiger partial charge in [0.05, 0.1) is 5.75 Å². The van der Waals surface area contributed by atoms with Gasteiger partial charge in [0.25, 0.3) is 0 Å². The number of carbonyl (C=O) groups excluding carboxylic acids is 2. The molecule has 4 rings (SSSR count). The van der Waals surface area contributed by atoms with E-state index in [0.717, 1.165) is 24.0 Å². The van der Waals surface area contributed by atoms with Crippen molar-refractivity contribution < 1.29 is 27.9 Å². The highest BCUT2D eigenvalue weighted by atomic mass is 32.2. The lowest BCUT2D eigenvalue weighted by Crippen LogP contribution is -2.49. The summed E-state index contributed by atoms with van der Waals surface area (Å²) in [5, 5.41) is 15.4. The Balaban J connectivity index is 1.43. The highest BCUT2D eigenvalue weighted by molar-refractivity contribution is 7.89. The molecular formula is C29H37N3O6S. The number of nitrogens with one attached hydrogen (secondary N) is 3. The molecule has 2 amide bonds. The van der Waals surface area contributed by atoms with Gasteiger partial charge in [-0.2, -0.15) is 0 Å². The summed E-state index contributed by atoms with van der Waals surface area (Å²) in [6.07, 6.45) is 2.52. The minimum Gasteiger partial charge on any atom is -0.480 e. The number of amides is 2. The average Bonchev–Trinajstić information content (AvgIpc) is 3.21. The molecule has 2 aliphatic carbocycles. The number of urea groups is 1. The van der Waals surface area contributed by atoms with Crippen molar-refractivity contribution in [3.63, 3.8) is 0 Å². The smallest absolute Gasteiger partial charge is 0.322 e. The number of Topliss-reactive ketones (excluding diaryl/α,β-unsaturated/α-hetero) is 1. The standard InChI is InChI=1S/C29H37N3O6S/c1-4-14-30-27(36)31-23-7-5-6-21(16-23)20-10-8-19(9-11-20)15-24(26(34)35)32-39(37,38)18-29-13-12-22(17-25(29)33)28(29,2)3/h5-11,16,22,24,32H,4,12-15,17-18H2,1-3H3,(H,34,35)(H2,30,31,36)/t22?,24-,29+/m0/s1. The lowest BCUT2D eigenvalue weighted by molar-refractivity contribution is -0.138. The first kappa shape index (κ1) is 28.8. The number of hydrogen-bond donors (Lipinski definition) is 4. The lowest BCUT2D eigenvalue weighted by Gasteiger charge is -2.36. The van der Waals surface area contributed by atoms with Gasteiger partial charge in [-0.05, 0) is 65.8 Å². The number of fused-ring (bicyclic) bond motifs is 2. The number of anilines is 1. The van der Waals surface area contributed by atoms with Crippen molar-refractivity contribution in [2.45, 2.75) is 58.9 Å². The van der Waals surface area contributed by atoms with E-state index in [1.807, 2.05) is 51.1 Å². The zero-order valence-electron chi connectivity index (χ0n) is 22.6. The Morgan fingerprint density at radius 1 is 1.10 bits per heavy atom. The van der Waals surface area contributed by atoms with E-state index in [4.69, 9.17) is 0 Å². The third-order valence-corrected chi connectivity index (χ3v) is 10.1. The van der Waals surface area contributed by atoms with Crippen molar-refractivity contribution in [1.82, 2.24) is 10.0 Å². The Kier molecular flexibility index (Phi) is 8.18. The van der Waals surface area contributed by atoms with Crippen LogP contribution < -0.4 is 15.4 Å². The molecule has 39 heavy (non-hydrogen) atoms. The molecule has 4 N–H and O–H groups in total. The van der Waals surface area contributed by atoms with E-state index in [1.54, 1.807) is 18.2 Å².